The van der Waals surface area contributed by atoms with Crippen LogP contribution in [-0.4, -0.2) is 301 Å². The molecule has 0 unspecified atom stereocenters. The van der Waals surface area contributed by atoms with E-state index in [9.17, 15) is 125 Å². The fourth-order valence-corrected chi connectivity index (χ4v) is 16.7. The topological polar surface area (TPSA) is 518 Å². The molecule has 20 atom stereocenters. The highest BCUT2D eigenvalue weighted by atomic mass is 19.4. The van der Waals surface area contributed by atoms with E-state index in [0.717, 1.165) is 65.2 Å². The van der Waals surface area contributed by atoms with E-state index in [1.165, 1.54) is 50.6 Å². The molecular formula is C102H118F10N8O30. The summed E-state index contributed by atoms with van der Waals surface area (Å²) in [5.74, 6) is -1.16. The molecule has 4 aromatic heterocycles. The second-order valence-corrected chi connectivity index (χ2v) is 35.4. The Bertz CT molecular complexity index is 6170. The zero-order valence-corrected chi connectivity index (χ0v) is 82.5. The summed E-state index contributed by atoms with van der Waals surface area (Å²) in [5, 5.41) is 159. The normalized spacial score (nSPS) is 23.9. The van der Waals surface area contributed by atoms with Crippen molar-refractivity contribution < 1.29 is 191 Å². The molecular weight excluding hydrogens is 2010 g/mol. The van der Waals surface area contributed by atoms with Gasteiger partial charge < -0.3 is 138 Å². The third kappa shape index (κ3) is 28.2. The number of para-hydroxylation sites is 2. The van der Waals surface area contributed by atoms with Crippen molar-refractivity contribution in [3.63, 3.8) is 0 Å². The molecule has 15 rings (SSSR count). The molecule has 0 saturated carbocycles. The smallest absolute Gasteiger partial charge is 0.497 e. The Morgan fingerprint density at radius 3 is 1.01 bits per heavy atom. The number of hydrogen-bond acceptors (Lipinski definition) is 34. The minimum Gasteiger partial charge on any atom is -0.497 e. The maximum atomic E-state index is 14.7. The second-order valence-electron chi connectivity index (χ2n) is 35.4. The monoisotopic (exact) mass is 2120 g/mol. The lowest BCUT2D eigenvalue weighted by Gasteiger charge is -2.39. The molecule has 150 heavy (non-hydrogen) atoms. The van der Waals surface area contributed by atoms with Gasteiger partial charge in [0.05, 0.1) is 76.3 Å². The largest absolute Gasteiger partial charge is 0.508 e. The molecule has 4 fully saturated rings. The zero-order chi connectivity index (χ0) is 109. The molecule has 8 heterocycles. The van der Waals surface area contributed by atoms with Gasteiger partial charge in [0.25, 0.3) is 0 Å². The molecule has 48 heteroatoms. The van der Waals surface area contributed by atoms with Crippen LogP contribution in [0.3, 0.4) is 0 Å². The number of carbonyl (C=O) groups is 2. The average molecular weight is 2130 g/mol. The molecule has 4 aliphatic rings. The number of aromatic nitrogens is 8. The van der Waals surface area contributed by atoms with Gasteiger partial charge in [0.15, 0.2) is 23.0 Å². The van der Waals surface area contributed by atoms with Crippen LogP contribution in [0.2, 0.25) is 0 Å². The van der Waals surface area contributed by atoms with Crippen LogP contribution >= 0.6 is 0 Å². The molecule has 38 nitrogen and oxygen atoms in total. The number of benzene rings is 7. The predicted octanol–water partition coefficient (Wildman–Crippen LogP) is 9.01. The number of carbonyl (C=O) groups excluding carboxylic acids is 2. The maximum Gasteiger partial charge on any atom is 0.508 e. The Morgan fingerprint density at radius 1 is 0.373 bits per heavy atom. The quantitative estimate of drug-likeness (QED) is 0.0138. The van der Waals surface area contributed by atoms with Crippen LogP contribution in [0.5, 0.6) is 35.0 Å². The zero-order valence-electron chi connectivity index (χ0n) is 82.5. The summed E-state index contributed by atoms with van der Waals surface area (Å²) in [6, 6.07) is 47.5. The Morgan fingerprint density at radius 2 is 0.687 bits per heavy atom. The number of methoxy groups -OCH3 is 4. The van der Waals surface area contributed by atoms with Crippen LogP contribution in [0.15, 0.2) is 176 Å². The van der Waals surface area contributed by atoms with Crippen LogP contribution in [-0.2, 0) is 108 Å². The standard InChI is InChI=1S/C29H33F3N2O9.C27H29F3N2O8.C25H27F3N2O6.C21H29FN2O7/c1-4-16-5-7-17(8-6-16)13-20-25(29(30,31)32)34(14-18-9-11-19(39-2)12-10-18)33-26(20)43-27-24(37)23(36)22(35)21(42-27)15-41-28(38)40-3;1-3-15-9-11-16(12-10-15)13-18-23(27(28,29)30)32(17-7-5-4-6-8-17)31-24(18)40-25-22(35)21(34)20(33)19(39-25)14-38-26(36)37-2;1-2-14-8-10-15(11-9-14)12-17-22(25(26,27)28)30(16-6-4-3-5-7-16)29-23(17)36-24-21(34)20(33)19(32)18(13-31)35-24;1-10(2)24-11(3)13(7-12-5-6-15(29-4)14(22)8-12)20(23-24)31-21-19(28)18(27)17(26)16(9-25)30-21/h5-12,21-24,27,35-37H,4,13-15H2,1-3H3;4-12,19-22,25,33-35H,3,13-14H2,1-2H3;3-11,18-21,24,31-34H,2,12-13H2,1H3;5-6,8,10,16-19,21,25-28H,7,9H2,1-4H3/t21-,22-,23+,24-,27+;19-,20-,21+,22-,25+;18-,19-,20+,21-,24+;16-,17-,18+,19-,21+/m1111/s1. The van der Waals surface area contributed by atoms with Crippen molar-refractivity contribution in [1.82, 2.24) is 39.1 Å². The molecule has 11 aromatic rings. The second kappa shape index (κ2) is 51.4. The lowest BCUT2D eigenvalue weighted by Crippen LogP contribution is -2.60. The van der Waals surface area contributed by atoms with Crippen LogP contribution in [0.25, 0.3) is 11.4 Å². The van der Waals surface area contributed by atoms with Crippen LogP contribution in [0.4, 0.5) is 53.5 Å². The van der Waals surface area contributed by atoms with E-state index in [1.807, 2.05) is 77.9 Å². The van der Waals surface area contributed by atoms with Gasteiger partial charge in [-0.2, -0.15) is 39.5 Å². The molecule has 7 aromatic carbocycles. The number of alkyl halides is 9. The molecule has 0 radical (unpaired) electrons. The summed E-state index contributed by atoms with van der Waals surface area (Å²) in [7, 11) is 4.98. The number of nitrogens with zero attached hydrogens (tertiary/aromatic N) is 8. The van der Waals surface area contributed by atoms with Gasteiger partial charge in [-0.25, -0.2) is 23.3 Å². The first-order valence-corrected chi connectivity index (χ1v) is 47.3. The van der Waals surface area contributed by atoms with Crippen molar-refractivity contribution in [2.45, 2.75) is 240 Å². The molecule has 4 aliphatic heterocycles. The Hall–Kier alpha value is -12.7. The van der Waals surface area contributed by atoms with Crippen molar-refractivity contribution in [1.29, 1.82) is 0 Å². The molecule has 816 valence electrons. The van der Waals surface area contributed by atoms with Gasteiger partial charge in [0.2, 0.25) is 48.7 Å². The molecule has 0 bridgehead atoms. The molecule has 0 spiro atoms. The lowest BCUT2D eigenvalue weighted by molar-refractivity contribution is -0.278. The molecule has 4 saturated heterocycles. The lowest BCUT2D eigenvalue weighted by atomic mass is 9.99. The van der Waals surface area contributed by atoms with E-state index in [-0.39, 0.29) is 78.0 Å². The van der Waals surface area contributed by atoms with Gasteiger partial charge in [0.1, 0.15) is 122 Å². The summed E-state index contributed by atoms with van der Waals surface area (Å²) in [4.78, 5) is 22.8. The number of aryl methyl sites for hydroxylation is 3. The highest BCUT2D eigenvalue weighted by molar-refractivity contribution is 5.60. The van der Waals surface area contributed by atoms with Crippen molar-refractivity contribution in [2.24, 2.45) is 0 Å². The first-order valence-electron chi connectivity index (χ1n) is 47.3. The highest BCUT2D eigenvalue weighted by Crippen LogP contribution is 2.45. The van der Waals surface area contributed by atoms with E-state index >= 15 is 0 Å². The van der Waals surface area contributed by atoms with E-state index in [4.69, 9.17) is 56.8 Å². The number of rotatable bonds is 32. The van der Waals surface area contributed by atoms with Crippen LogP contribution in [0, 0.1) is 12.7 Å². The summed E-state index contributed by atoms with van der Waals surface area (Å²) in [5.41, 5.74) is 3.32. The third-order valence-corrected chi connectivity index (χ3v) is 25.0. The van der Waals surface area contributed by atoms with E-state index < -0.39 is 221 Å². The number of hydrogen-bond donors (Lipinski definition) is 14. The Labute approximate surface area is 852 Å². The third-order valence-electron chi connectivity index (χ3n) is 25.0. The average Bonchev–Trinajstić information content (AvgIpc) is 1.62. The molecule has 14 N–H and O–H groups in total. The fraction of sp³-hybridized carbons (Fsp3) is 0.451. The van der Waals surface area contributed by atoms with Crippen LogP contribution in [0.1, 0.15) is 130 Å². The van der Waals surface area contributed by atoms with Gasteiger partial charge in [-0.3, -0.25) is 9.36 Å². The first-order chi connectivity index (χ1) is 71.3. The first kappa shape index (κ1) is 116. The van der Waals surface area contributed by atoms with Crippen molar-refractivity contribution >= 4 is 12.3 Å². The maximum absolute atomic E-state index is 14.7. The summed E-state index contributed by atoms with van der Waals surface area (Å²) >= 11 is 0. The van der Waals surface area contributed by atoms with E-state index in [1.54, 1.807) is 108 Å². The van der Waals surface area contributed by atoms with E-state index in [0.29, 0.717) is 43.8 Å². The van der Waals surface area contributed by atoms with Gasteiger partial charge >= 0.3 is 30.8 Å². The summed E-state index contributed by atoms with van der Waals surface area (Å²) < 4.78 is 222. The van der Waals surface area contributed by atoms with Crippen molar-refractivity contribution in [3.05, 3.63) is 271 Å². The van der Waals surface area contributed by atoms with Crippen LogP contribution < -0.4 is 28.4 Å². The van der Waals surface area contributed by atoms with Gasteiger partial charge in [0, 0.05) is 43.0 Å². The summed E-state index contributed by atoms with van der Waals surface area (Å²) in [6.07, 6.45) is -47.4. The Kier molecular flexibility index (Phi) is 39.8. The number of halogens is 10. The predicted molar refractivity (Wildman–Crippen MR) is 506 cm³/mol. The number of ether oxygens (including phenoxy) is 14. The molecule has 0 aliphatic carbocycles. The number of aliphatic hydroxyl groups is 14. The number of aliphatic hydroxyl groups excluding tert-OH is 14. The summed E-state index contributed by atoms with van der Waals surface area (Å²) in [6.45, 7) is 8.84. The SMILES string of the molecule is CCc1ccc(Cc2c(O[C@@H]3O[C@H](CO)[C@@H](O)[C@H](O)[C@H]3O)nn(-c3ccccc3)c2C(F)(F)F)cc1.CCc1ccc(Cc2c(O[C@@H]3O[C@H](COC(=O)OC)[C@@H](O)[C@H](O)[C@H]3O)nn(-c3ccccc3)c2C(F)(F)F)cc1.CCc1ccc(Cc2c(O[C@@H]3O[C@H](COC(=O)OC)[C@@H](O)[C@H](O)[C@H]3O)nn(Cc3ccc(OC)cc3)c2C(F)(F)F)cc1.COc1ccc(Cc2c(O[C@@H]3O[C@H](CO)[C@@H](O)[C@H](O)[C@H]3O)nn(C(C)C)c2C)cc1F. The fourth-order valence-electron chi connectivity index (χ4n) is 16.7. The van der Waals surface area contributed by atoms with Gasteiger partial charge in [-0.1, -0.05) is 148 Å². The highest BCUT2D eigenvalue weighted by Gasteiger charge is 2.53. The minimum atomic E-state index is -4.86. The van der Waals surface area contributed by atoms with E-state index in [2.05, 4.69) is 29.9 Å². The van der Waals surface area contributed by atoms with Gasteiger partial charge in [-0.15, -0.1) is 20.4 Å². The van der Waals surface area contributed by atoms with Gasteiger partial charge in [-0.05, 0) is 133 Å². The van der Waals surface area contributed by atoms with Crippen molar-refractivity contribution in [2.75, 3.05) is 54.9 Å². The Balaban J connectivity index is 0.000000178. The van der Waals surface area contributed by atoms with Crippen molar-refractivity contribution in [3.8, 4) is 46.4 Å². The molecule has 0 amide bonds. The minimum absolute atomic E-state index is 0.00139.